The lowest BCUT2D eigenvalue weighted by Crippen LogP contribution is -2.58. The summed E-state index contributed by atoms with van der Waals surface area (Å²) < 4.78 is 11.6. The van der Waals surface area contributed by atoms with Crippen molar-refractivity contribution in [2.45, 2.75) is 105 Å². The van der Waals surface area contributed by atoms with Crippen LogP contribution in [0.1, 0.15) is 83.1 Å². The molecule has 1 aliphatic rings. The SMILES string of the molecule is CC(C)(C)NP1N(C(C)(C)C)P(OC(C)(C)C)N1C(C)(C)C. The molecule has 0 aliphatic carbocycles. The van der Waals surface area contributed by atoms with E-state index in [-0.39, 0.29) is 22.2 Å². The highest BCUT2D eigenvalue weighted by molar-refractivity contribution is 7.79. The smallest absolute Gasteiger partial charge is 0.201 e. The van der Waals surface area contributed by atoms with Crippen molar-refractivity contribution in [1.29, 1.82) is 0 Å². The van der Waals surface area contributed by atoms with Crippen LogP contribution < -0.4 is 5.09 Å². The molecule has 0 atom stereocenters. The van der Waals surface area contributed by atoms with Gasteiger partial charge in [0.1, 0.15) is 8.37 Å². The molecular weight excluding hydrogens is 312 g/mol. The lowest BCUT2D eigenvalue weighted by molar-refractivity contribution is 0.105. The fraction of sp³-hybridized carbons (Fsp3) is 1.00. The lowest BCUT2D eigenvalue weighted by atomic mass is 10.1. The Kier molecular flexibility index (Phi) is 5.85. The maximum absolute atomic E-state index is 6.49. The molecular formula is C16H37N3OP2. The zero-order valence-electron chi connectivity index (χ0n) is 16.7. The fourth-order valence-corrected chi connectivity index (χ4v) is 8.08. The average molecular weight is 349 g/mol. The molecule has 1 aliphatic heterocycles. The summed E-state index contributed by atoms with van der Waals surface area (Å²) in [6, 6.07) is 0. The molecule has 0 aromatic rings. The van der Waals surface area contributed by atoms with Crippen molar-refractivity contribution in [3.63, 3.8) is 0 Å². The topological polar surface area (TPSA) is 27.7 Å². The Hall–Kier alpha value is 0.700. The molecule has 1 heterocycles. The molecule has 1 saturated heterocycles. The highest BCUT2D eigenvalue weighted by atomic mass is 31.3. The first kappa shape index (κ1) is 20.7. The van der Waals surface area contributed by atoms with Gasteiger partial charge in [-0.05, 0) is 83.1 Å². The molecule has 132 valence electrons. The molecule has 6 heteroatoms. The summed E-state index contributed by atoms with van der Waals surface area (Å²) in [5.41, 5.74) is 0.120. The Morgan fingerprint density at radius 2 is 1.05 bits per heavy atom. The van der Waals surface area contributed by atoms with Crippen LogP contribution in [0.25, 0.3) is 0 Å². The molecule has 0 bridgehead atoms. The predicted molar refractivity (Wildman–Crippen MR) is 101 cm³/mol. The summed E-state index contributed by atoms with van der Waals surface area (Å²) in [4.78, 5) is 0. The van der Waals surface area contributed by atoms with Gasteiger partial charge in [0.25, 0.3) is 0 Å². The molecule has 0 saturated carbocycles. The second-order valence-electron chi connectivity index (χ2n) is 10.0. The van der Waals surface area contributed by atoms with Gasteiger partial charge in [-0.2, -0.15) is 8.88 Å². The largest absolute Gasteiger partial charge is 0.325 e. The first-order valence-corrected chi connectivity index (χ1v) is 10.5. The summed E-state index contributed by atoms with van der Waals surface area (Å²) in [5.74, 6) is 0. The van der Waals surface area contributed by atoms with Gasteiger partial charge < -0.3 is 4.52 Å². The van der Waals surface area contributed by atoms with Crippen molar-refractivity contribution >= 4 is 16.8 Å². The maximum Gasteiger partial charge on any atom is 0.201 e. The highest BCUT2D eigenvalue weighted by Crippen LogP contribution is 2.80. The normalized spacial score (nSPS) is 26.2. The van der Waals surface area contributed by atoms with E-state index in [9.17, 15) is 0 Å². The van der Waals surface area contributed by atoms with Crippen LogP contribution in [0.4, 0.5) is 0 Å². The van der Waals surface area contributed by atoms with E-state index in [2.05, 4.69) is 97.1 Å². The second-order valence-corrected chi connectivity index (χ2v) is 13.7. The van der Waals surface area contributed by atoms with Crippen LogP contribution in [0.5, 0.6) is 0 Å². The molecule has 0 unspecified atom stereocenters. The van der Waals surface area contributed by atoms with Gasteiger partial charge in [-0.3, -0.25) is 5.09 Å². The first-order chi connectivity index (χ1) is 9.43. The van der Waals surface area contributed by atoms with Crippen LogP contribution in [0, 0.1) is 0 Å². The quantitative estimate of drug-likeness (QED) is 0.632. The Bertz CT molecular complexity index is 342. The van der Waals surface area contributed by atoms with Crippen LogP contribution in [0.15, 0.2) is 0 Å². The molecule has 0 aromatic heterocycles. The Balaban J connectivity index is 3.16. The highest BCUT2D eigenvalue weighted by Gasteiger charge is 2.59. The van der Waals surface area contributed by atoms with Crippen LogP contribution >= 0.6 is 16.8 Å². The second kappa shape index (κ2) is 6.21. The number of hydrogen-bond acceptors (Lipinski definition) is 4. The van der Waals surface area contributed by atoms with Crippen molar-refractivity contribution in [2.75, 3.05) is 0 Å². The van der Waals surface area contributed by atoms with Crippen molar-refractivity contribution < 1.29 is 4.52 Å². The predicted octanol–water partition coefficient (Wildman–Crippen LogP) is 5.86. The summed E-state index contributed by atoms with van der Waals surface area (Å²) in [7, 11) is -1.31. The van der Waals surface area contributed by atoms with Gasteiger partial charge in [-0.25, -0.2) is 0 Å². The van der Waals surface area contributed by atoms with E-state index in [4.69, 9.17) is 4.52 Å². The lowest BCUT2D eigenvalue weighted by Gasteiger charge is -2.65. The van der Waals surface area contributed by atoms with Crippen LogP contribution in [0.2, 0.25) is 0 Å². The van der Waals surface area contributed by atoms with Gasteiger partial charge in [0.05, 0.1) is 5.60 Å². The summed E-state index contributed by atoms with van der Waals surface area (Å²) >= 11 is 0. The molecule has 22 heavy (non-hydrogen) atoms. The van der Waals surface area contributed by atoms with Crippen LogP contribution in [-0.2, 0) is 4.52 Å². The van der Waals surface area contributed by atoms with E-state index < -0.39 is 16.8 Å². The minimum absolute atomic E-state index is 0.0852. The van der Waals surface area contributed by atoms with E-state index in [1.807, 2.05) is 0 Å². The summed E-state index contributed by atoms with van der Waals surface area (Å²) in [5, 5.41) is 3.84. The Morgan fingerprint density at radius 1 is 0.682 bits per heavy atom. The molecule has 1 rings (SSSR count). The van der Waals surface area contributed by atoms with E-state index in [0.717, 1.165) is 0 Å². The zero-order chi connectivity index (χ0) is 17.7. The average Bonchev–Trinajstić information content (AvgIpc) is 2.04. The summed E-state index contributed by atoms with van der Waals surface area (Å²) in [6.07, 6.45) is 0. The molecule has 0 spiro atoms. The molecule has 0 radical (unpaired) electrons. The third-order valence-corrected chi connectivity index (χ3v) is 9.96. The standard InChI is InChI=1S/C16H37N3OP2/c1-13(2,3)17-21-18(14(4,5)6)22(20-16(10,11)12)19(21)15(7,8)9/h17H,1-12H3. The first-order valence-electron chi connectivity index (χ1n) is 8.11. The number of nitrogens with zero attached hydrogens (tertiary/aromatic N) is 2. The van der Waals surface area contributed by atoms with Crippen LogP contribution in [-0.4, -0.2) is 31.1 Å². The molecule has 0 aromatic carbocycles. The molecule has 4 nitrogen and oxygen atoms in total. The third-order valence-electron chi connectivity index (χ3n) is 2.67. The Labute approximate surface area is 141 Å². The van der Waals surface area contributed by atoms with Crippen molar-refractivity contribution in [3.05, 3.63) is 0 Å². The minimum Gasteiger partial charge on any atom is -0.325 e. The van der Waals surface area contributed by atoms with Gasteiger partial charge in [-0.1, -0.05) is 0 Å². The fourth-order valence-electron chi connectivity index (χ4n) is 2.07. The number of rotatable bonds is 2. The molecule has 1 fully saturated rings. The zero-order valence-corrected chi connectivity index (χ0v) is 18.5. The maximum atomic E-state index is 6.49. The molecule has 1 N–H and O–H groups in total. The van der Waals surface area contributed by atoms with Crippen molar-refractivity contribution in [2.24, 2.45) is 0 Å². The Morgan fingerprint density at radius 3 is 1.27 bits per heavy atom. The minimum atomic E-state index is -0.748. The van der Waals surface area contributed by atoms with Gasteiger partial charge in [0.15, 0.2) is 0 Å². The number of hydrogen-bond donors (Lipinski definition) is 1. The van der Waals surface area contributed by atoms with Gasteiger partial charge >= 0.3 is 0 Å². The monoisotopic (exact) mass is 349 g/mol. The molecule has 0 amide bonds. The van der Waals surface area contributed by atoms with Crippen molar-refractivity contribution in [1.82, 2.24) is 14.0 Å². The summed E-state index contributed by atoms with van der Waals surface area (Å²) in [6.45, 7) is 26.9. The van der Waals surface area contributed by atoms with Gasteiger partial charge in [0.2, 0.25) is 8.45 Å². The van der Waals surface area contributed by atoms with Crippen LogP contribution in [0.3, 0.4) is 0 Å². The van der Waals surface area contributed by atoms with Gasteiger partial charge in [0, 0.05) is 16.6 Å². The number of nitrogens with one attached hydrogen (secondary N) is 1. The van der Waals surface area contributed by atoms with E-state index >= 15 is 0 Å². The van der Waals surface area contributed by atoms with E-state index in [1.165, 1.54) is 0 Å². The van der Waals surface area contributed by atoms with E-state index in [1.54, 1.807) is 0 Å². The van der Waals surface area contributed by atoms with Gasteiger partial charge in [-0.15, -0.1) is 0 Å². The third kappa shape index (κ3) is 5.36. The van der Waals surface area contributed by atoms with E-state index in [0.29, 0.717) is 0 Å². The van der Waals surface area contributed by atoms with Crippen molar-refractivity contribution in [3.8, 4) is 0 Å².